The number of benzene rings is 3. The van der Waals surface area contributed by atoms with E-state index in [1.54, 1.807) is 0 Å². The molecule has 4 aromatic rings. The van der Waals surface area contributed by atoms with E-state index >= 15 is 0 Å². The van der Waals surface area contributed by atoms with Gasteiger partial charge in [-0.1, -0.05) is 65.4 Å². The molecule has 5 rings (SSSR count). The highest BCUT2D eigenvalue weighted by Gasteiger charge is 2.31. The van der Waals surface area contributed by atoms with Crippen molar-refractivity contribution in [2.75, 3.05) is 0 Å². The van der Waals surface area contributed by atoms with Crippen LogP contribution < -0.4 is 14.8 Å². The van der Waals surface area contributed by atoms with Crippen molar-refractivity contribution in [1.82, 2.24) is 14.9 Å². The van der Waals surface area contributed by atoms with E-state index in [1.807, 2.05) is 66.2 Å². The Kier molecular flexibility index (Phi) is 9.09. The fourth-order valence-corrected chi connectivity index (χ4v) is 5.85. The lowest BCUT2D eigenvalue weighted by Gasteiger charge is -2.27. The van der Waals surface area contributed by atoms with E-state index in [-0.39, 0.29) is 46.7 Å². The molecule has 2 amide bonds. The second kappa shape index (κ2) is 12.1. The van der Waals surface area contributed by atoms with Gasteiger partial charge in [0.2, 0.25) is 5.91 Å². The molecule has 1 unspecified atom stereocenters. The van der Waals surface area contributed by atoms with Crippen molar-refractivity contribution < 1.29 is 24.2 Å². The molecule has 2 heterocycles. The molecule has 0 spiro atoms. The van der Waals surface area contributed by atoms with Crippen LogP contribution >= 0.6 is 24.2 Å². The molecule has 1 atom stereocenters. The minimum absolute atomic E-state index is 0. The number of amides is 2. The number of hydrogen-bond acceptors (Lipinski definition) is 7. The summed E-state index contributed by atoms with van der Waals surface area (Å²) in [6, 6.07) is 17.1. The van der Waals surface area contributed by atoms with E-state index in [1.165, 1.54) is 0 Å². The molecule has 0 aliphatic carbocycles. The van der Waals surface area contributed by atoms with E-state index in [0.29, 0.717) is 17.9 Å². The van der Waals surface area contributed by atoms with Crippen LogP contribution in [0.3, 0.4) is 0 Å². The third-order valence-corrected chi connectivity index (χ3v) is 8.35. The summed E-state index contributed by atoms with van der Waals surface area (Å²) in [4.78, 5) is 28.0. The molecule has 1 aliphatic heterocycles. The largest absolute Gasteiger partial charge is 0.508 e. The number of nitrogens with zero attached hydrogens (tertiary/aromatic N) is 2. The van der Waals surface area contributed by atoms with E-state index < -0.39 is 5.25 Å². The predicted octanol–water partition coefficient (Wildman–Crippen LogP) is 7.56. The number of rotatable bonds is 7. The summed E-state index contributed by atoms with van der Waals surface area (Å²) in [7, 11) is 1.95. The zero-order chi connectivity index (χ0) is 30.4. The molecule has 1 aliphatic rings. The van der Waals surface area contributed by atoms with Gasteiger partial charge in [-0.05, 0) is 59.2 Å². The topological polar surface area (TPSA) is 103 Å². The molecule has 228 valence electrons. The molecule has 2 N–H and O–H groups in total. The Morgan fingerprint density at radius 1 is 0.930 bits per heavy atom. The zero-order valence-corrected chi connectivity index (χ0v) is 27.1. The second-order valence-electron chi connectivity index (χ2n) is 12.7. The monoisotopic (exact) mass is 623 g/mol. The molecule has 43 heavy (non-hydrogen) atoms. The smallest absolute Gasteiger partial charge is 0.286 e. The number of carbonyl (C=O) groups excluding carboxylic acids is 2. The zero-order valence-electron chi connectivity index (χ0n) is 25.5. The van der Waals surface area contributed by atoms with Gasteiger partial charge in [0.15, 0.2) is 0 Å². The molecule has 0 saturated carbocycles. The maximum atomic E-state index is 11.8. The highest BCUT2D eigenvalue weighted by atomic mass is 35.5. The maximum absolute atomic E-state index is 11.8. The number of nitrogens with one attached hydrogen (secondary N) is 1. The van der Waals surface area contributed by atoms with Crippen LogP contribution in [0.4, 0.5) is 4.79 Å². The SMILES string of the molecule is Cl.Cn1c(COc2ccc(CC3SC(=O)NC3=O)cc2)nc2ccc(Oc3cc(C(C)(C)C)c(O)cc3C(C)(C)C)cc21. The minimum Gasteiger partial charge on any atom is -0.508 e. The Morgan fingerprint density at radius 3 is 2.19 bits per heavy atom. The van der Waals surface area contributed by atoms with Gasteiger partial charge in [-0.3, -0.25) is 14.9 Å². The van der Waals surface area contributed by atoms with E-state index in [4.69, 9.17) is 14.5 Å². The predicted molar refractivity (Wildman–Crippen MR) is 173 cm³/mol. The Balaban J connectivity index is 0.00000423. The number of thioether (sulfide) groups is 1. The van der Waals surface area contributed by atoms with Crippen LogP contribution in [0.25, 0.3) is 11.0 Å². The Labute approximate surface area is 262 Å². The van der Waals surface area contributed by atoms with Gasteiger partial charge in [-0.25, -0.2) is 4.98 Å². The lowest BCUT2D eigenvalue weighted by atomic mass is 9.81. The second-order valence-corrected chi connectivity index (χ2v) is 13.9. The molecule has 8 nitrogen and oxygen atoms in total. The maximum Gasteiger partial charge on any atom is 0.286 e. The average molecular weight is 624 g/mol. The first-order valence-corrected chi connectivity index (χ1v) is 14.8. The third-order valence-electron chi connectivity index (χ3n) is 7.37. The van der Waals surface area contributed by atoms with Crippen LogP contribution in [0.15, 0.2) is 54.6 Å². The molecule has 3 aromatic carbocycles. The van der Waals surface area contributed by atoms with Crippen molar-refractivity contribution in [3.8, 4) is 23.0 Å². The van der Waals surface area contributed by atoms with Gasteiger partial charge < -0.3 is 19.1 Å². The van der Waals surface area contributed by atoms with Gasteiger partial charge >= 0.3 is 0 Å². The number of fused-ring (bicyclic) bond motifs is 1. The highest BCUT2D eigenvalue weighted by molar-refractivity contribution is 8.15. The van der Waals surface area contributed by atoms with Crippen molar-refractivity contribution in [1.29, 1.82) is 0 Å². The van der Waals surface area contributed by atoms with Crippen LogP contribution in [0.1, 0.15) is 64.1 Å². The van der Waals surface area contributed by atoms with E-state index in [9.17, 15) is 14.7 Å². The van der Waals surface area contributed by atoms with E-state index in [2.05, 4.69) is 46.9 Å². The van der Waals surface area contributed by atoms with Crippen LogP contribution in [0.2, 0.25) is 0 Å². The Bertz CT molecular complexity index is 1670. The first-order valence-electron chi connectivity index (χ1n) is 13.9. The van der Waals surface area contributed by atoms with Crippen molar-refractivity contribution >= 4 is 46.3 Å². The Hall–Kier alpha value is -3.69. The lowest BCUT2D eigenvalue weighted by molar-refractivity contribution is -0.118. The number of halogens is 1. The molecular weight excluding hydrogens is 586 g/mol. The fraction of sp³-hybridized carbons (Fsp3) is 0.364. The summed E-state index contributed by atoms with van der Waals surface area (Å²) < 4.78 is 14.5. The van der Waals surface area contributed by atoms with Crippen LogP contribution in [-0.4, -0.2) is 31.1 Å². The molecule has 1 fully saturated rings. The summed E-state index contributed by atoms with van der Waals surface area (Å²) in [5.41, 5.74) is 3.98. The summed E-state index contributed by atoms with van der Waals surface area (Å²) in [5, 5.41) is 12.4. The quantitative estimate of drug-likeness (QED) is 0.219. The number of aromatic nitrogens is 2. The third kappa shape index (κ3) is 7.11. The van der Waals surface area contributed by atoms with Crippen LogP contribution in [0, 0.1) is 0 Å². The number of ether oxygens (including phenoxy) is 2. The Morgan fingerprint density at radius 2 is 1.58 bits per heavy atom. The summed E-state index contributed by atoms with van der Waals surface area (Å²) in [5.74, 6) is 2.88. The van der Waals surface area contributed by atoms with Crippen LogP contribution in [0.5, 0.6) is 23.0 Å². The van der Waals surface area contributed by atoms with Gasteiger partial charge in [0, 0.05) is 24.2 Å². The number of phenolic OH excluding ortho intramolecular Hbond substituents is 1. The van der Waals surface area contributed by atoms with Crippen molar-refractivity contribution in [2.45, 2.75) is 70.7 Å². The van der Waals surface area contributed by atoms with Gasteiger partial charge in [0.05, 0.1) is 16.3 Å². The first kappa shape index (κ1) is 32.2. The average Bonchev–Trinajstić information content (AvgIpc) is 3.39. The first-order chi connectivity index (χ1) is 19.7. The van der Waals surface area contributed by atoms with Gasteiger partial charge in [-0.2, -0.15) is 0 Å². The van der Waals surface area contributed by atoms with Gasteiger partial charge in [0.1, 0.15) is 35.4 Å². The number of imidazole rings is 1. The van der Waals surface area contributed by atoms with E-state index in [0.717, 1.165) is 51.1 Å². The molecule has 10 heteroatoms. The highest BCUT2D eigenvalue weighted by Crippen LogP contribution is 2.42. The number of aryl methyl sites for hydroxylation is 1. The molecule has 1 aromatic heterocycles. The number of hydrogen-bond donors (Lipinski definition) is 2. The number of carbonyl (C=O) groups is 2. The summed E-state index contributed by atoms with van der Waals surface area (Å²) in [6.07, 6.45) is 0.483. The molecule has 0 radical (unpaired) electrons. The van der Waals surface area contributed by atoms with Crippen LogP contribution in [-0.2, 0) is 35.7 Å². The summed E-state index contributed by atoms with van der Waals surface area (Å²) >= 11 is 1.03. The minimum atomic E-state index is -0.396. The molecule has 0 bridgehead atoms. The normalized spacial score (nSPS) is 15.4. The number of imide groups is 1. The molecule has 1 saturated heterocycles. The van der Waals surface area contributed by atoms with Crippen molar-refractivity contribution in [3.05, 3.63) is 77.1 Å². The summed E-state index contributed by atoms with van der Waals surface area (Å²) in [6.45, 7) is 12.8. The number of phenols is 1. The van der Waals surface area contributed by atoms with Crippen molar-refractivity contribution in [2.24, 2.45) is 7.05 Å². The molecular formula is C33H38ClN3O5S. The van der Waals surface area contributed by atoms with Crippen molar-refractivity contribution in [3.63, 3.8) is 0 Å². The fourth-order valence-electron chi connectivity index (χ4n) is 4.99. The lowest BCUT2D eigenvalue weighted by Crippen LogP contribution is -2.25. The number of aromatic hydroxyl groups is 1. The van der Waals surface area contributed by atoms with Gasteiger partial charge in [-0.15, -0.1) is 12.4 Å². The van der Waals surface area contributed by atoms with Gasteiger partial charge in [0.25, 0.3) is 5.24 Å². The standard InChI is InChI=1S/C33H37N3O5S.ClH/c1-32(2,3)22-17-27(23(16-26(22)37)33(4,5)6)41-21-12-13-24-25(15-21)36(7)29(34-24)18-40-20-10-8-19(9-11-20)14-28-30(38)35-31(39)42-28;/h8-13,15-17,28,37H,14,18H2,1-7H3,(H,35,38,39);1H.